The zero-order valence-corrected chi connectivity index (χ0v) is 19.9. The van der Waals surface area contributed by atoms with Gasteiger partial charge in [0.2, 0.25) is 17.8 Å². The Hall–Kier alpha value is -3.39. The summed E-state index contributed by atoms with van der Waals surface area (Å²) >= 11 is 6.26. The first-order valence-corrected chi connectivity index (χ1v) is 10.9. The molecule has 1 aromatic heterocycles. The van der Waals surface area contributed by atoms with E-state index >= 15 is 0 Å². The number of hydrogen-bond acceptors (Lipinski definition) is 8. The molecule has 8 nitrogen and oxygen atoms in total. The van der Waals surface area contributed by atoms with Crippen LogP contribution in [0.1, 0.15) is 25.0 Å². The van der Waals surface area contributed by atoms with Crippen LogP contribution in [0, 0.1) is 6.92 Å². The Balaban J connectivity index is 1.82. The lowest BCUT2D eigenvalue weighted by Crippen LogP contribution is -2.25. The number of hydrazone groups is 1. The molecule has 0 aliphatic carbocycles. The molecule has 9 heteroatoms. The predicted octanol–water partition coefficient (Wildman–Crippen LogP) is 4.94. The Labute approximate surface area is 194 Å². The summed E-state index contributed by atoms with van der Waals surface area (Å²) in [7, 11) is 4.02. The third-order valence-corrected chi connectivity index (χ3v) is 5.29. The number of anilines is 5. The molecule has 0 aliphatic heterocycles. The highest BCUT2D eigenvalue weighted by atomic mass is 35.5. The zero-order valence-electron chi connectivity index (χ0n) is 19.1. The zero-order chi connectivity index (χ0) is 23.1. The molecule has 2 N–H and O–H groups in total. The average molecular weight is 453 g/mol. The van der Waals surface area contributed by atoms with Gasteiger partial charge in [0.05, 0.1) is 6.21 Å². The molecular weight excluding hydrogens is 424 g/mol. The number of halogens is 1. The predicted molar refractivity (Wildman–Crippen MR) is 135 cm³/mol. The average Bonchev–Trinajstić information content (AvgIpc) is 2.77. The Bertz CT molecular complexity index is 1060. The molecule has 0 unspecified atom stereocenters. The summed E-state index contributed by atoms with van der Waals surface area (Å²) in [6.07, 6.45) is 1.73. The van der Waals surface area contributed by atoms with Gasteiger partial charge in [-0.25, -0.2) is 5.43 Å². The molecule has 3 aromatic rings. The van der Waals surface area contributed by atoms with Crippen LogP contribution in [0.4, 0.5) is 29.2 Å². The SMILES string of the molecule is CCN(CC)c1nc(N/N=C\c2ccc(N(C)C)cc2)nc(Nc2ccc(C)c(Cl)c2)n1. The fourth-order valence-corrected chi connectivity index (χ4v) is 3.12. The van der Waals surface area contributed by atoms with Gasteiger partial charge in [-0.05, 0) is 56.2 Å². The number of rotatable bonds is 9. The third-order valence-electron chi connectivity index (χ3n) is 4.89. The fraction of sp³-hybridized carbons (Fsp3) is 0.304. The van der Waals surface area contributed by atoms with Crippen molar-refractivity contribution in [2.24, 2.45) is 5.10 Å². The summed E-state index contributed by atoms with van der Waals surface area (Å²) in [6.45, 7) is 7.63. The van der Waals surface area contributed by atoms with E-state index in [0.29, 0.717) is 22.9 Å². The minimum absolute atomic E-state index is 0.351. The second-order valence-corrected chi connectivity index (χ2v) is 7.81. The minimum Gasteiger partial charge on any atom is -0.378 e. The molecule has 3 rings (SSSR count). The number of aryl methyl sites for hydroxylation is 1. The van der Waals surface area contributed by atoms with Crippen molar-refractivity contribution in [1.29, 1.82) is 0 Å². The van der Waals surface area contributed by atoms with Crippen molar-refractivity contribution >= 4 is 47.0 Å². The van der Waals surface area contributed by atoms with E-state index in [1.54, 1.807) is 6.21 Å². The van der Waals surface area contributed by atoms with Crippen LogP contribution < -0.4 is 20.5 Å². The van der Waals surface area contributed by atoms with Gasteiger partial charge in [-0.15, -0.1) is 0 Å². The van der Waals surface area contributed by atoms with E-state index in [0.717, 1.165) is 35.6 Å². The van der Waals surface area contributed by atoms with Gasteiger partial charge in [-0.1, -0.05) is 29.8 Å². The van der Waals surface area contributed by atoms with Crippen molar-refractivity contribution in [2.75, 3.05) is 47.7 Å². The summed E-state index contributed by atoms with van der Waals surface area (Å²) in [5.74, 6) is 1.33. The lowest BCUT2D eigenvalue weighted by molar-refractivity contribution is 0.814. The van der Waals surface area contributed by atoms with Crippen LogP contribution in [-0.4, -0.2) is 48.4 Å². The molecule has 0 fully saturated rings. The van der Waals surface area contributed by atoms with Crippen LogP contribution in [-0.2, 0) is 0 Å². The van der Waals surface area contributed by atoms with Crippen molar-refractivity contribution in [3.05, 3.63) is 58.6 Å². The molecule has 0 atom stereocenters. The highest BCUT2D eigenvalue weighted by molar-refractivity contribution is 6.31. The van der Waals surface area contributed by atoms with E-state index in [1.807, 2.05) is 68.4 Å². The largest absolute Gasteiger partial charge is 0.378 e. The molecule has 2 aromatic carbocycles. The number of benzene rings is 2. The maximum absolute atomic E-state index is 6.26. The summed E-state index contributed by atoms with van der Waals surface area (Å²) in [6, 6.07) is 13.8. The smallest absolute Gasteiger partial charge is 0.250 e. The first-order chi connectivity index (χ1) is 15.4. The standard InChI is InChI=1S/C23H29ClN8/c1-6-32(7-2)23-28-21(26-18-11-8-16(3)20(24)14-18)27-22(29-23)30-25-15-17-9-12-19(13-10-17)31(4)5/h8-15H,6-7H2,1-5H3,(H2,26,27,28,29,30)/b25-15-. The summed E-state index contributed by atoms with van der Waals surface area (Å²) in [5.41, 5.74) is 6.82. The van der Waals surface area contributed by atoms with Gasteiger partial charge in [0.15, 0.2) is 0 Å². The quantitative estimate of drug-likeness (QED) is 0.351. The molecule has 0 amide bonds. The van der Waals surface area contributed by atoms with E-state index in [9.17, 15) is 0 Å². The van der Waals surface area contributed by atoms with Gasteiger partial charge in [0.1, 0.15) is 0 Å². The van der Waals surface area contributed by atoms with Crippen LogP contribution in [0.5, 0.6) is 0 Å². The molecule has 0 saturated carbocycles. The van der Waals surface area contributed by atoms with Gasteiger partial charge in [-0.3, -0.25) is 0 Å². The highest BCUT2D eigenvalue weighted by Gasteiger charge is 2.12. The monoisotopic (exact) mass is 452 g/mol. The van der Waals surface area contributed by atoms with Crippen molar-refractivity contribution in [2.45, 2.75) is 20.8 Å². The number of aromatic nitrogens is 3. The molecule has 0 saturated heterocycles. The van der Waals surface area contributed by atoms with Gasteiger partial charge in [-0.2, -0.15) is 20.1 Å². The molecule has 0 spiro atoms. The molecule has 0 aliphatic rings. The fourth-order valence-electron chi connectivity index (χ4n) is 2.94. The second-order valence-electron chi connectivity index (χ2n) is 7.40. The molecule has 0 radical (unpaired) electrons. The van der Waals surface area contributed by atoms with Crippen molar-refractivity contribution in [3.8, 4) is 0 Å². The summed E-state index contributed by atoms with van der Waals surface area (Å²) in [4.78, 5) is 17.7. The maximum Gasteiger partial charge on any atom is 0.250 e. The lowest BCUT2D eigenvalue weighted by atomic mass is 10.2. The molecule has 168 valence electrons. The van der Waals surface area contributed by atoms with Crippen LogP contribution >= 0.6 is 11.6 Å². The van der Waals surface area contributed by atoms with E-state index < -0.39 is 0 Å². The lowest BCUT2D eigenvalue weighted by Gasteiger charge is -2.19. The first-order valence-electron chi connectivity index (χ1n) is 10.5. The van der Waals surface area contributed by atoms with Crippen molar-refractivity contribution < 1.29 is 0 Å². The topological polar surface area (TPSA) is 81.6 Å². The van der Waals surface area contributed by atoms with Crippen LogP contribution in [0.15, 0.2) is 47.6 Å². The van der Waals surface area contributed by atoms with Gasteiger partial charge in [0, 0.05) is 43.6 Å². The van der Waals surface area contributed by atoms with E-state index in [2.05, 4.69) is 49.5 Å². The Morgan fingerprint density at radius 2 is 1.66 bits per heavy atom. The minimum atomic E-state index is 0.351. The van der Waals surface area contributed by atoms with Crippen LogP contribution in [0.2, 0.25) is 5.02 Å². The second kappa shape index (κ2) is 10.8. The van der Waals surface area contributed by atoms with Crippen molar-refractivity contribution in [3.63, 3.8) is 0 Å². The molecular formula is C23H29ClN8. The summed E-state index contributed by atoms with van der Waals surface area (Å²) < 4.78 is 0. The first kappa shape index (κ1) is 23.3. The maximum atomic E-state index is 6.26. The Morgan fingerprint density at radius 1 is 0.969 bits per heavy atom. The molecule has 32 heavy (non-hydrogen) atoms. The highest BCUT2D eigenvalue weighted by Crippen LogP contribution is 2.23. The van der Waals surface area contributed by atoms with Crippen LogP contribution in [0.3, 0.4) is 0 Å². The van der Waals surface area contributed by atoms with Gasteiger partial charge < -0.3 is 15.1 Å². The third kappa shape index (κ3) is 6.07. The van der Waals surface area contributed by atoms with Gasteiger partial charge in [0.25, 0.3) is 0 Å². The number of nitrogens with zero attached hydrogens (tertiary/aromatic N) is 6. The Morgan fingerprint density at radius 3 is 2.28 bits per heavy atom. The van der Waals surface area contributed by atoms with E-state index in [1.165, 1.54) is 0 Å². The number of nitrogens with one attached hydrogen (secondary N) is 2. The van der Waals surface area contributed by atoms with Crippen LogP contribution in [0.25, 0.3) is 0 Å². The van der Waals surface area contributed by atoms with Gasteiger partial charge >= 0.3 is 0 Å². The van der Waals surface area contributed by atoms with E-state index in [4.69, 9.17) is 11.6 Å². The molecule has 1 heterocycles. The molecule has 0 bridgehead atoms. The summed E-state index contributed by atoms with van der Waals surface area (Å²) in [5, 5.41) is 8.19. The van der Waals surface area contributed by atoms with E-state index in [-0.39, 0.29) is 0 Å². The normalized spacial score (nSPS) is 10.9. The number of hydrogen-bond donors (Lipinski definition) is 2. The van der Waals surface area contributed by atoms with Crippen molar-refractivity contribution in [1.82, 2.24) is 15.0 Å². The Kier molecular flexibility index (Phi) is 7.83.